The summed E-state index contributed by atoms with van der Waals surface area (Å²) in [6.07, 6.45) is -8.06. The van der Waals surface area contributed by atoms with Crippen LogP contribution < -0.4 is 10.1 Å². The quantitative estimate of drug-likeness (QED) is 0.452. The standard InChI is InChI=1S/C22H20ClF6NO4S/c23-18-9-6-14(10-19(18)34-22(27,28)29)20(31)30-16-7-4-13(5-8-16)12-35(32,33)17-3-1-2-15(11-17)21(24,25)26/h1-3,6,9-11,13,16H,4-5,7-8,12H2,(H,30,31)/t13-,16-. The van der Waals surface area contributed by atoms with E-state index < -0.39 is 44.5 Å². The van der Waals surface area contributed by atoms with Crippen LogP contribution in [0.4, 0.5) is 26.3 Å². The predicted octanol–water partition coefficient (Wildman–Crippen LogP) is 6.02. The van der Waals surface area contributed by atoms with Crippen LogP contribution in [-0.4, -0.2) is 32.5 Å². The molecule has 0 spiro atoms. The lowest BCUT2D eigenvalue weighted by Crippen LogP contribution is -2.38. The maximum Gasteiger partial charge on any atom is 0.573 e. The zero-order valence-electron chi connectivity index (χ0n) is 17.9. The summed E-state index contributed by atoms with van der Waals surface area (Å²) in [6.45, 7) is 0. The number of benzene rings is 2. The molecule has 0 aromatic heterocycles. The first kappa shape index (κ1) is 27.1. The van der Waals surface area contributed by atoms with Crippen molar-refractivity contribution in [1.29, 1.82) is 0 Å². The van der Waals surface area contributed by atoms with Crippen LogP contribution in [0.1, 0.15) is 41.6 Å². The average molecular weight is 544 g/mol. The van der Waals surface area contributed by atoms with Crippen molar-refractivity contribution in [2.75, 3.05) is 5.75 Å². The third-order valence-corrected chi connectivity index (χ3v) is 7.77. The van der Waals surface area contributed by atoms with Gasteiger partial charge in [0.25, 0.3) is 5.91 Å². The Balaban J connectivity index is 1.58. The number of carbonyl (C=O) groups is 1. The van der Waals surface area contributed by atoms with Gasteiger partial charge in [-0.15, -0.1) is 13.2 Å². The Labute approximate surface area is 202 Å². The van der Waals surface area contributed by atoms with Crippen LogP contribution in [-0.2, 0) is 16.0 Å². The van der Waals surface area contributed by atoms with Crippen molar-refractivity contribution in [2.24, 2.45) is 5.92 Å². The summed E-state index contributed by atoms with van der Waals surface area (Å²) in [5, 5.41) is 2.37. The van der Waals surface area contributed by atoms with Crippen molar-refractivity contribution in [3.8, 4) is 5.75 Å². The lowest BCUT2D eigenvalue weighted by Gasteiger charge is -2.29. The van der Waals surface area contributed by atoms with E-state index in [4.69, 9.17) is 11.6 Å². The average Bonchev–Trinajstić information content (AvgIpc) is 2.75. The van der Waals surface area contributed by atoms with Gasteiger partial charge in [0.15, 0.2) is 9.84 Å². The molecule has 0 saturated heterocycles. The first-order chi connectivity index (χ1) is 16.1. The van der Waals surface area contributed by atoms with Gasteiger partial charge in [-0.05, 0) is 68.0 Å². The number of nitrogens with one attached hydrogen (secondary N) is 1. The molecule has 1 fully saturated rings. The van der Waals surface area contributed by atoms with Gasteiger partial charge in [0.05, 0.1) is 21.2 Å². The van der Waals surface area contributed by atoms with Crippen molar-refractivity contribution < 1.29 is 44.3 Å². The van der Waals surface area contributed by atoms with Crippen LogP contribution in [0.5, 0.6) is 5.75 Å². The molecular formula is C22H20ClF6NO4S. The monoisotopic (exact) mass is 543 g/mol. The number of rotatable bonds is 6. The highest BCUT2D eigenvalue weighted by molar-refractivity contribution is 7.91. The summed E-state index contributed by atoms with van der Waals surface area (Å²) in [7, 11) is -3.96. The fourth-order valence-corrected chi connectivity index (χ4v) is 5.76. The highest BCUT2D eigenvalue weighted by Crippen LogP contribution is 2.33. The number of hydrogen-bond donors (Lipinski definition) is 1. The van der Waals surface area contributed by atoms with E-state index in [2.05, 4.69) is 10.1 Å². The second-order valence-electron chi connectivity index (χ2n) is 8.19. The molecule has 1 amide bonds. The van der Waals surface area contributed by atoms with E-state index in [1.165, 1.54) is 6.07 Å². The molecule has 2 aromatic carbocycles. The second kappa shape index (κ2) is 10.3. The second-order valence-corrected chi connectivity index (χ2v) is 10.6. The van der Waals surface area contributed by atoms with Crippen molar-refractivity contribution >= 4 is 27.3 Å². The highest BCUT2D eigenvalue weighted by atomic mass is 35.5. The van der Waals surface area contributed by atoms with E-state index in [9.17, 15) is 39.6 Å². The van der Waals surface area contributed by atoms with E-state index in [1.54, 1.807) is 0 Å². The van der Waals surface area contributed by atoms with E-state index in [0.29, 0.717) is 31.7 Å². The fraction of sp³-hybridized carbons (Fsp3) is 0.409. The molecule has 5 nitrogen and oxygen atoms in total. The molecule has 1 aliphatic rings. The van der Waals surface area contributed by atoms with Gasteiger partial charge in [-0.1, -0.05) is 17.7 Å². The van der Waals surface area contributed by atoms with Gasteiger partial charge in [-0.3, -0.25) is 4.79 Å². The molecule has 0 bridgehead atoms. The number of amides is 1. The molecule has 13 heteroatoms. The van der Waals surface area contributed by atoms with Gasteiger partial charge < -0.3 is 10.1 Å². The van der Waals surface area contributed by atoms with Crippen LogP contribution in [0.15, 0.2) is 47.4 Å². The normalized spacial score (nSPS) is 19.3. The molecule has 1 aliphatic carbocycles. The molecular weight excluding hydrogens is 524 g/mol. The van der Waals surface area contributed by atoms with Crippen LogP contribution in [0.25, 0.3) is 0 Å². The molecule has 2 aromatic rings. The summed E-state index contributed by atoms with van der Waals surface area (Å²) in [5.41, 5.74) is -1.14. The first-order valence-electron chi connectivity index (χ1n) is 10.4. The minimum Gasteiger partial charge on any atom is -0.404 e. The Bertz CT molecular complexity index is 1180. The van der Waals surface area contributed by atoms with Crippen LogP contribution in [0.2, 0.25) is 5.02 Å². The summed E-state index contributed by atoms with van der Waals surface area (Å²) in [5.74, 6) is -2.00. The third-order valence-electron chi connectivity index (χ3n) is 5.58. The highest BCUT2D eigenvalue weighted by Gasteiger charge is 2.34. The zero-order chi connectivity index (χ0) is 26.0. The molecule has 35 heavy (non-hydrogen) atoms. The van der Waals surface area contributed by atoms with Crippen LogP contribution in [0, 0.1) is 5.92 Å². The summed E-state index contributed by atoms with van der Waals surface area (Å²) in [6, 6.07) is 6.46. The third kappa shape index (κ3) is 7.50. The largest absolute Gasteiger partial charge is 0.573 e. The number of ether oxygens (including phenoxy) is 1. The predicted molar refractivity (Wildman–Crippen MR) is 115 cm³/mol. The molecule has 1 N–H and O–H groups in total. The smallest absolute Gasteiger partial charge is 0.404 e. The molecule has 0 aliphatic heterocycles. The molecule has 0 unspecified atom stereocenters. The van der Waals surface area contributed by atoms with Gasteiger partial charge in [-0.25, -0.2) is 8.42 Å². The van der Waals surface area contributed by atoms with Gasteiger partial charge in [0.1, 0.15) is 5.75 Å². The van der Waals surface area contributed by atoms with Crippen LogP contribution >= 0.6 is 11.6 Å². The molecule has 1 saturated carbocycles. The molecule has 3 rings (SSSR count). The van der Waals surface area contributed by atoms with Gasteiger partial charge >= 0.3 is 12.5 Å². The lowest BCUT2D eigenvalue weighted by atomic mass is 9.87. The number of alkyl halides is 6. The minimum absolute atomic E-state index is 0.0945. The molecule has 192 valence electrons. The fourth-order valence-electron chi connectivity index (χ4n) is 3.86. The van der Waals surface area contributed by atoms with E-state index in [0.717, 1.165) is 30.3 Å². The first-order valence-corrected chi connectivity index (χ1v) is 12.4. The van der Waals surface area contributed by atoms with Gasteiger partial charge in [-0.2, -0.15) is 13.2 Å². The van der Waals surface area contributed by atoms with Crippen molar-refractivity contribution in [2.45, 2.75) is 49.2 Å². The summed E-state index contributed by atoms with van der Waals surface area (Å²) in [4.78, 5) is 12.1. The van der Waals surface area contributed by atoms with Gasteiger partial charge in [0.2, 0.25) is 0 Å². The summed E-state index contributed by atoms with van der Waals surface area (Å²) >= 11 is 5.68. The molecule has 0 heterocycles. The Morgan fingerprint density at radius 2 is 1.66 bits per heavy atom. The molecule has 0 radical (unpaired) electrons. The number of halogens is 7. The number of hydrogen-bond acceptors (Lipinski definition) is 4. The SMILES string of the molecule is O=C(N[C@H]1CC[C@H](CS(=O)(=O)c2cccc(C(F)(F)F)c2)CC1)c1ccc(Cl)c(OC(F)(F)F)c1. The Kier molecular flexibility index (Phi) is 7.95. The maximum absolute atomic E-state index is 12.9. The zero-order valence-corrected chi connectivity index (χ0v) is 19.5. The minimum atomic E-state index is -4.98. The van der Waals surface area contributed by atoms with Crippen molar-refractivity contribution in [1.82, 2.24) is 5.32 Å². The van der Waals surface area contributed by atoms with E-state index in [1.807, 2.05) is 0 Å². The van der Waals surface area contributed by atoms with Crippen LogP contribution in [0.3, 0.4) is 0 Å². The van der Waals surface area contributed by atoms with Gasteiger partial charge in [0, 0.05) is 11.6 Å². The lowest BCUT2D eigenvalue weighted by molar-refractivity contribution is -0.274. The summed E-state index contributed by atoms with van der Waals surface area (Å²) < 4.78 is 105. The van der Waals surface area contributed by atoms with E-state index >= 15 is 0 Å². The van der Waals surface area contributed by atoms with Crippen molar-refractivity contribution in [3.05, 3.63) is 58.6 Å². The molecule has 0 atom stereocenters. The Hall–Kier alpha value is -2.47. The van der Waals surface area contributed by atoms with Crippen molar-refractivity contribution in [3.63, 3.8) is 0 Å². The Morgan fingerprint density at radius 3 is 2.26 bits per heavy atom. The van der Waals surface area contributed by atoms with E-state index in [-0.39, 0.29) is 28.3 Å². The number of carbonyl (C=O) groups excluding carboxylic acids is 1. The number of sulfone groups is 1. The Morgan fingerprint density at radius 1 is 1.00 bits per heavy atom. The maximum atomic E-state index is 12.9. The topological polar surface area (TPSA) is 72.5 Å².